The molecule has 1 fully saturated rings. The number of aryl methyl sites for hydroxylation is 2. The van der Waals surface area contributed by atoms with Gasteiger partial charge in [0.25, 0.3) is 0 Å². The van der Waals surface area contributed by atoms with Crippen molar-refractivity contribution < 1.29 is 14.3 Å². The van der Waals surface area contributed by atoms with Crippen LogP contribution in [0.2, 0.25) is 0 Å². The predicted octanol–water partition coefficient (Wildman–Crippen LogP) is 6.27. The third-order valence-corrected chi connectivity index (χ3v) is 6.93. The number of likely N-dealkylation sites (tertiary alicyclic amines) is 1. The van der Waals surface area contributed by atoms with Gasteiger partial charge in [0.2, 0.25) is 0 Å². The van der Waals surface area contributed by atoms with E-state index >= 15 is 0 Å². The Morgan fingerprint density at radius 3 is 1.92 bits per heavy atom. The highest BCUT2D eigenvalue weighted by Crippen LogP contribution is 2.24. The molecule has 1 unspecified atom stereocenters. The van der Waals surface area contributed by atoms with Gasteiger partial charge in [0.15, 0.2) is 0 Å². The molecule has 3 aromatic carbocycles. The molecule has 1 aliphatic rings. The van der Waals surface area contributed by atoms with Gasteiger partial charge in [-0.25, -0.2) is 9.59 Å². The Hall–Kier alpha value is -3.60. The SMILES string of the molecule is CN(C(=O)N1CCCCC1C(=O)OC(CCc1ccccc1)CCc1ccccc1)c1ccccc1. The minimum Gasteiger partial charge on any atom is -0.461 e. The van der Waals surface area contributed by atoms with Crippen molar-refractivity contribution in [1.82, 2.24) is 4.90 Å². The molecule has 5 heteroatoms. The van der Waals surface area contributed by atoms with E-state index in [-0.39, 0.29) is 18.1 Å². The highest BCUT2D eigenvalue weighted by Gasteiger charge is 2.36. The number of urea groups is 1. The predicted molar refractivity (Wildman–Crippen MR) is 144 cm³/mol. The van der Waals surface area contributed by atoms with Gasteiger partial charge < -0.3 is 9.64 Å². The number of esters is 1. The van der Waals surface area contributed by atoms with Gasteiger partial charge in [-0.15, -0.1) is 0 Å². The van der Waals surface area contributed by atoms with Crippen LogP contribution in [0.25, 0.3) is 0 Å². The molecule has 0 saturated carbocycles. The zero-order valence-electron chi connectivity index (χ0n) is 21.1. The van der Waals surface area contributed by atoms with E-state index in [0.717, 1.165) is 44.2 Å². The van der Waals surface area contributed by atoms with Crippen LogP contribution in [0.1, 0.15) is 43.2 Å². The molecule has 0 aromatic heterocycles. The van der Waals surface area contributed by atoms with Gasteiger partial charge in [0.1, 0.15) is 12.1 Å². The summed E-state index contributed by atoms with van der Waals surface area (Å²) in [6.07, 6.45) is 5.44. The van der Waals surface area contributed by atoms with Crippen molar-refractivity contribution in [2.75, 3.05) is 18.5 Å². The highest BCUT2D eigenvalue weighted by atomic mass is 16.5. The third-order valence-electron chi connectivity index (χ3n) is 6.93. The second-order valence-electron chi connectivity index (χ2n) is 9.49. The van der Waals surface area contributed by atoms with Gasteiger partial charge in [-0.3, -0.25) is 4.90 Å². The first-order valence-corrected chi connectivity index (χ1v) is 13.0. The van der Waals surface area contributed by atoms with Gasteiger partial charge in [-0.05, 0) is 68.2 Å². The summed E-state index contributed by atoms with van der Waals surface area (Å²) in [7, 11) is 1.76. The Balaban J connectivity index is 1.44. The zero-order valence-corrected chi connectivity index (χ0v) is 21.1. The maximum absolute atomic E-state index is 13.5. The second-order valence-corrected chi connectivity index (χ2v) is 9.49. The van der Waals surface area contributed by atoms with Crippen molar-refractivity contribution in [1.29, 1.82) is 0 Å². The molecular weight excluding hydrogens is 448 g/mol. The van der Waals surface area contributed by atoms with Crippen LogP contribution in [0.15, 0.2) is 91.0 Å². The Bertz CT molecular complexity index is 1050. The first-order valence-electron chi connectivity index (χ1n) is 13.0. The number of benzene rings is 3. The molecular formula is C31H36N2O3. The quantitative estimate of drug-likeness (QED) is 0.336. The van der Waals surface area contributed by atoms with Crippen LogP contribution >= 0.6 is 0 Å². The summed E-state index contributed by atoms with van der Waals surface area (Å²) in [4.78, 5) is 30.2. The number of carbonyl (C=O) groups excluding carboxylic acids is 2. The number of hydrogen-bond acceptors (Lipinski definition) is 3. The lowest BCUT2D eigenvalue weighted by Crippen LogP contribution is -2.53. The van der Waals surface area contributed by atoms with E-state index in [1.807, 2.05) is 66.7 Å². The van der Waals surface area contributed by atoms with E-state index < -0.39 is 6.04 Å². The monoisotopic (exact) mass is 484 g/mol. The fraction of sp³-hybridized carbons (Fsp3) is 0.355. The number of nitrogens with zero attached hydrogens (tertiary/aromatic N) is 2. The van der Waals surface area contributed by atoms with Crippen LogP contribution in [-0.4, -0.2) is 42.6 Å². The van der Waals surface area contributed by atoms with E-state index in [2.05, 4.69) is 24.3 Å². The van der Waals surface area contributed by atoms with Crippen LogP contribution in [0.4, 0.5) is 10.5 Å². The second kappa shape index (κ2) is 12.9. The fourth-order valence-electron chi connectivity index (χ4n) is 4.81. The Labute approximate surface area is 214 Å². The fourth-order valence-corrected chi connectivity index (χ4v) is 4.81. The number of hydrogen-bond donors (Lipinski definition) is 0. The Kier molecular flexibility index (Phi) is 9.15. The van der Waals surface area contributed by atoms with Crippen molar-refractivity contribution in [2.24, 2.45) is 0 Å². The lowest BCUT2D eigenvalue weighted by atomic mass is 10.00. The Morgan fingerprint density at radius 1 is 0.833 bits per heavy atom. The topological polar surface area (TPSA) is 49.9 Å². The molecule has 1 atom stereocenters. The third kappa shape index (κ3) is 6.97. The molecule has 0 spiro atoms. The molecule has 2 amide bonds. The highest BCUT2D eigenvalue weighted by molar-refractivity contribution is 5.94. The molecule has 188 valence electrons. The van der Waals surface area contributed by atoms with Crippen molar-refractivity contribution in [3.05, 3.63) is 102 Å². The summed E-state index contributed by atoms with van der Waals surface area (Å²) in [5.74, 6) is -0.282. The summed E-state index contributed by atoms with van der Waals surface area (Å²) in [6.45, 7) is 0.564. The average molecular weight is 485 g/mol. The molecule has 1 aliphatic heterocycles. The van der Waals surface area contributed by atoms with E-state index in [1.54, 1.807) is 16.8 Å². The van der Waals surface area contributed by atoms with E-state index in [4.69, 9.17) is 4.74 Å². The summed E-state index contributed by atoms with van der Waals surface area (Å²) < 4.78 is 6.15. The van der Waals surface area contributed by atoms with Crippen LogP contribution in [-0.2, 0) is 22.4 Å². The van der Waals surface area contributed by atoms with Crippen molar-refractivity contribution in [2.45, 2.75) is 57.1 Å². The lowest BCUT2D eigenvalue weighted by Gasteiger charge is -2.37. The summed E-state index contributed by atoms with van der Waals surface area (Å²) in [6, 6.07) is 29.4. The van der Waals surface area contributed by atoms with Gasteiger partial charge in [0.05, 0.1) is 0 Å². The number of anilines is 1. The molecule has 4 rings (SSSR count). The number of para-hydroxylation sites is 1. The molecule has 36 heavy (non-hydrogen) atoms. The van der Waals surface area contributed by atoms with E-state index in [0.29, 0.717) is 13.0 Å². The van der Waals surface area contributed by atoms with Crippen molar-refractivity contribution >= 4 is 17.7 Å². The molecule has 0 bridgehead atoms. The van der Waals surface area contributed by atoms with Crippen molar-refractivity contribution in [3.63, 3.8) is 0 Å². The first kappa shape index (κ1) is 25.5. The van der Waals surface area contributed by atoms with E-state index in [1.165, 1.54) is 11.1 Å². The van der Waals surface area contributed by atoms with Crippen molar-refractivity contribution in [3.8, 4) is 0 Å². The number of amides is 2. The van der Waals surface area contributed by atoms with Crippen LogP contribution in [0, 0.1) is 0 Å². The average Bonchev–Trinajstić information content (AvgIpc) is 2.95. The summed E-state index contributed by atoms with van der Waals surface area (Å²) >= 11 is 0. The number of ether oxygens (including phenoxy) is 1. The van der Waals surface area contributed by atoms with Crippen LogP contribution in [0.3, 0.4) is 0 Å². The molecule has 0 aliphatic carbocycles. The van der Waals surface area contributed by atoms with E-state index in [9.17, 15) is 9.59 Å². The van der Waals surface area contributed by atoms with Gasteiger partial charge in [0, 0.05) is 19.3 Å². The zero-order chi connectivity index (χ0) is 25.2. The normalized spacial score (nSPS) is 15.5. The minimum absolute atomic E-state index is 0.159. The lowest BCUT2D eigenvalue weighted by molar-refractivity contribution is -0.156. The molecule has 0 N–H and O–H groups in total. The van der Waals surface area contributed by atoms with Crippen LogP contribution in [0.5, 0.6) is 0 Å². The Morgan fingerprint density at radius 2 is 1.36 bits per heavy atom. The summed E-state index contributed by atoms with van der Waals surface area (Å²) in [5.41, 5.74) is 3.28. The first-order chi connectivity index (χ1) is 17.6. The standard InChI is InChI=1S/C31H36N2O3/c1-32(27-17-9-4-10-18-27)31(35)33-24-12-11-19-29(33)30(34)36-28(22-20-25-13-5-2-6-14-25)23-21-26-15-7-3-8-16-26/h2-10,13-18,28-29H,11-12,19-24H2,1H3. The molecule has 3 aromatic rings. The minimum atomic E-state index is -0.548. The smallest absolute Gasteiger partial charge is 0.329 e. The van der Waals surface area contributed by atoms with Gasteiger partial charge >= 0.3 is 12.0 Å². The largest absolute Gasteiger partial charge is 0.461 e. The number of carbonyl (C=O) groups is 2. The number of rotatable bonds is 9. The van der Waals surface area contributed by atoms with Gasteiger partial charge in [-0.2, -0.15) is 0 Å². The molecule has 1 saturated heterocycles. The van der Waals surface area contributed by atoms with Crippen LogP contribution < -0.4 is 4.90 Å². The van der Waals surface area contributed by atoms with Gasteiger partial charge in [-0.1, -0.05) is 78.9 Å². The summed E-state index contributed by atoms with van der Waals surface area (Å²) in [5, 5.41) is 0. The molecule has 1 heterocycles. The molecule has 5 nitrogen and oxygen atoms in total. The maximum atomic E-state index is 13.5. The molecule has 0 radical (unpaired) electrons. The maximum Gasteiger partial charge on any atom is 0.329 e. The number of piperidine rings is 1.